The molecule has 0 aromatic heterocycles. The molecule has 4 nitrogen and oxygen atoms in total. The van der Waals surface area contributed by atoms with Crippen LogP contribution >= 0.6 is 0 Å². The summed E-state index contributed by atoms with van der Waals surface area (Å²) in [4.78, 5) is 0. The van der Waals surface area contributed by atoms with Crippen molar-refractivity contribution in [3.05, 3.63) is 6.54 Å². The van der Waals surface area contributed by atoms with E-state index in [1.165, 1.54) is 27.9 Å². The van der Waals surface area contributed by atoms with Gasteiger partial charge in [-0.2, -0.15) is 0 Å². The lowest BCUT2D eigenvalue weighted by Crippen LogP contribution is -2.39. The van der Waals surface area contributed by atoms with E-state index in [0.29, 0.717) is 0 Å². The lowest BCUT2D eigenvalue weighted by molar-refractivity contribution is -0.330. The smallest absolute Gasteiger partial charge is 0.300 e. The summed E-state index contributed by atoms with van der Waals surface area (Å²) in [6.07, 6.45) is 0. The van der Waals surface area contributed by atoms with E-state index >= 15 is 0 Å². The molecule has 0 saturated heterocycles. The number of rotatable bonds is 4. The highest BCUT2D eigenvalue weighted by molar-refractivity contribution is 4.68. The molecule has 0 atom stereocenters. The van der Waals surface area contributed by atoms with Gasteiger partial charge in [-0.05, 0) is 0 Å². The molecule has 1 radical (unpaired) electrons. The molecule has 0 rings (SSSR count). The minimum atomic E-state index is -1.18. The Morgan fingerprint density at radius 3 is 1.44 bits per heavy atom. The molecule has 0 aliphatic carbocycles. The van der Waals surface area contributed by atoms with Crippen molar-refractivity contribution in [2.75, 3.05) is 21.3 Å². The molecule has 0 heterocycles. The number of hydrogen-bond acceptors (Lipinski definition) is 4. The molecular formula is C5H12NO3. The fourth-order valence-electron chi connectivity index (χ4n) is 0.454. The van der Waals surface area contributed by atoms with Gasteiger partial charge in [-0.25, -0.2) is 0 Å². The summed E-state index contributed by atoms with van der Waals surface area (Å²) >= 11 is 0. The number of nitrogens with two attached hydrogens (primary N) is 1. The van der Waals surface area contributed by atoms with E-state index in [0.717, 1.165) is 0 Å². The van der Waals surface area contributed by atoms with Crippen LogP contribution in [-0.4, -0.2) is 27.3 Å². The van der Waals surface area contributed by atoms with Gasteiger partial charge in [-0.3, -0.25) is 0 Å². The van der Waals surface area contributed by atoms with Gasteiger partial charge in [0.05, 0.1) is 0 Å². The second-order valence-corrected chi connectivity index (χ2v) is 1.38. The van der Waals surface area contributed by atoms with Gasteiger partial charge in [0.15, 0.2) is 0 Å². The molecule has 2 N–H and O–H groups in total. The maximum absolute atomic E-state index is 5.14. The van der Waals surface area contributed by atoms with E-state index in [1.54, 1.807) is 0 Å². The third-order valence-electron chi connectivity index (χ3n) is 1.06. The Balaban J connectivity index is 3.82. The standard InChI is InChI=1S/C5H12NO3/c1-7-5(4-6,8-2)9-3/h4H,6H2,1-3H3. The van der Waals surface area contributed by atoms with Crippen molar-refractivity contribution in [1.82, 2.24) is 0 Å². The summed E-state index contributed by atoms with van der Waals surface area (Å²) in [6, 6.07) is 0. The summed E-state index contributed by atoms with van der Waals surface area (Å²) in [5, 5.41) is 0. The Morgan fingerprint density at radius 1 is 1.11 bits per heavy atom. The second kappa shape index (κ2) is 3.79. The Bertz CT molecular complexity index is 55.1. The largest absolute Gasteiger partial charge is 0.330 e. The van der Waals surface area contributed by atoms with Crippen LogP contribution < -0.4 is 5.73 Å². The van der Waals surface area contributed by atoms with E-state index in [-0.39, 0.29) is 0 Å². The molecule has 0 bridgehead atoms. The van der Waals surface area contributed by atoms with Gasteiger partial charge in [-0.1, -0.05) is 0 Å². The zero-order valence-corrected chi connectivity index (χ0v) is 5.88. The lowest BCUT2D eigenvalue weighted by atomic mass is 10.5. The normalized spacial score (nSPS) is 12.0. The van der Waals surface area contributed by atoms with Crippen LogP contribution in [0.2, 0.25) is 0 Å². The highest BCUT2D eigenvalue weighted by atomic mass is 16.9. The highest BCUT2D eigenvalue weighted by Gasteiger charge is 2.27. The fourth-order valence-corrected chi connectivity index (χ4v) is 0.454. The molecule has 55 valence electrons. The van der Waals surface area contributed by atoms with Gasteiger partial charge in [-0.15, -0.1) is 0 Å². The minimum Gasteiger partial charge on any atom is -0.330 e. The first kappa shape index (κ1) is 8.84. The molecule has 9 heavy (non-hydrogen) atoms. The van der Waals surface area contributed by atoms with E-state index in [2.05, 4.69) is 0 Å². The second-order valence-electron chi connectivity index (χ2n) is 1.38. The average molecular weight is 134 g/mol. The molecular weight excluding hydrogens is 122 g/mol. The highest BCUT2D eigenvalue weighted by Crippen LogP contribution is 2.11. The van der Waals surface area contributed by atoms with Crippen molar-refractivity contribution in [2.45, 2.75) is 5.97 Å². The van der Waals surface area contributed by atoms with Crippen LogP contribution in [0.1, 0.15) is 0 Å². The number of ether oxygens (including phenoxy) is 3. The van der Waals surface area contributed by atoms with Gasteiger partial charge in [0.1, 0.15) is 6.54 Å². The summed E-state index contributed by atoms with van der Waals surface area (Å²) in [7, 11) is 4.32. The summed E-state index contributed by atoms with van der Waals surface area (Å²) in [6.45, 7) is 1.19. The first-order chi connectivity index (χ1) is 4.24. The maximum atomic E-state index is 5.14. The quantitative estimate of drug-likeness (QED) is 0.536. The topological polar surface area (TPSA) is 53.7 Å². The number of methoxy groups -OCH3 is 3. The van der Waals surface area contributed by atoms with E-state index in [9.17, 15) is 0 Å². The van der Waals surface area contributed by atoms with E-state index in [4.69, 9.17) is 19.9 Å². The summed E-state index contributed by atoms with van der Waals surface area (Å²) < 4.78 is 14.3. The lowest BCUT2D eigenvalue weighted by Gasteiger charge is -2.25. The monoisotopic (exact) mass is 134 g/mol. The van der Waals surface area contributed by atoms with Gasteiger partial charge < -0.3 is 19.9 Å². The first-order valence-corrected chi connectivity index (χ1v) is 2.46. The van der Waals surface area contributed by atoms with E-state index < -0.39 is 5.97 Å². The maximum Gasteiger partial charge on any atom is 0.300 e. The third kappa shape index (κ3) is 1.91. The van der Waals surface area contributed by atoms with Crippen molar-refractivity contribution < 1.29 is 14.2 Å². The van der Waals surface area contributed by atoms with Gasteiger partial charge in [0.2, 0.25) is 0 Å². The van der Waals surface area contributed by atoms with Crippen LogP contribution in [0.3, 0.4) is 0 Å². The van der Waals surface area contributed by atoms with Crippen LogP contribution in [0.4, 0.5) is 0 Å². The van der Waals surface area contributed by atoms with Crippen LogP contribution in [0, 0.1) is 6.54 Å². The Kier molecular flexibility index (Phi) is 3.72. The summed E-state index contributed by atoms with van der Waals surface area (Å²) in [5.74, 6) is -1.18. The Labute approximate surface area is 54.9 Å². The van der Waals surface area contributed by atoms with Gasteiger partial charge >= 0.3 is 0 Å². The molecule has 4 heteroatoms. The predicted octanol–water partition coefficient (Wildman–Crippen LogP) is -0.300. The van der Waals surface area contributed by atoms with Crippen molar-refractivity contribution in [3.8, 4) is 0 Å². The molecule has 0 fully saturated rings. The Hall–Kier alpha value is -0.160. The molecule has 0 aromatic carbocycles. The van der Waals surface area contributed by atoms with Gasteiger partial charge in [0, 0.05) is 21.3 Å². The SMILES string of the molecule is COC([CH]N)(OC)OC. The first-order valence-electron chi connectivity index (χ1n) is 2.46. The van der Waals surface area contributed by atoms with Crippen molar-refractivity contribution in [3.63, 3.8) is 0 Å². The number of hydrogen-bond donors (Lipinski definition) is 1. The third-order valence-corrected chi connectivity index (χ3v) is 1.06. The van der Waals surface area contributed by atoms with E-state index in [1.807, 2.05) is 0 Å². The van der Waals surface area contributed by atoms with Crippen LogP contribution in [0.25, 0.3) is 0 Å². The average Bonchev–Trinajstić information content (AvgIpc) is 1.95. The minimum absolute atomic E-state index is 1.18. The molecule has 0 saturated carbocycles. The zero-order chi connectivity index (χ0) is 7.33. The van der Waals surface area contributed by atoms with Crippen molar-refractivity contribution >= 4 is 0 Å². The molecule has 0 spiro atoms. The molecule has 0 aliphatic heterocycles. The van der Waals surface area contributed by atoms with Crippen LogP contribution in [0.5, 0.6) is 0 Å². The molecule has 0 amide bonds. The Morgan fingerprint density at radius 2 is 1.44 bits per heavy atom. The van der Waals surface area contributed by atoms with Gasteiger partial charge in [0.25, 0.3) is 5.97 Å². The van der Waals surface area contributed by atoms with Crippen LogP contribution in [-0.2, 0) is 14.2 Å². The molecule has 0 aromatic rings. The predicted molar refractivity (Wildman–Crippen MR) is 32.2 cm³/mol. The van der Waals surface area contributed by atoms with Crippen LogP contribution in [0.15, 0.2) is 0 Å². The zero-order valence-electron chi connectivity index (χ0n) is 5.88. The van der Waals surface area contributed by atoms with Crippen molar-refractivity contribution in [2.24, 2.45) is 5.73 Å². The molecule has 0 aliphatic rings. The molecule has 0 unspecified atom stereocenters. The summed E-state index contributed by atoms with van der Waals surface area (Å²) in [5.41, 5.74) is 5.14. The fraction of sp³-hybridized carbons (Fsp3) is 0.800. The van der Waals surface area contributed by atoms with Crippen molar-refractivity contribution in [1.29, 1.82) is 0 Å².